The van der Waals surface area contributed by atoms with Crippen LogP contribution < -0.4 is 0 Å². The Morgan fingerprint density at radius 1 is 1.17 bits per heavy atom. The lowest BCUT2D eigenvalue weighted by Crippen LogP contribution is -2.23. The summed E-state index contributed by atoms with van der Waals surface area (Å²) in [7, 11) is 0. The molecule has 0 radical (unpaired) electrons. The summed E-state index contributed by atoms with van der Waals surface area (Å²) in [4.78, 5) is 20.5. The van der Waals surface area contributed by atoms with Crippen molar-refractivity contribution in [2.75, 3.05) is 6.61 Å². The van der Waals surface area contributed by atoms with Crippen LogP contribution in [-0.4, -0.2) is 35.2 Å². The van der Waals surface area contributed by atoms with Gasteiger partial charge in [-0.1, -0.05) is 0 Å². The maximum Gasteiger partial charge on any atom is 0.303 e. The summed E-state index contributed by atoms with van der Waals surface area (Å²) in [5.74, 6) is -0.836. The van der Waals surface area contributed by atoms with Gasteiger partial charge in [-0.25, -0.2) is 0 Å². The normalized spacial score (nSPS) is 12.7. The van der Waals surface area contributed by atoms with E-state index in [9.17, 15) is 9.59 Å². The second-order valence-electron chi connectivity index (χ2n) is 5.44. The first-order chi connectivity index (χ1) is 8.18. The van der Waals surface area contributed by atoms with Crippen LogP contribution in [0.15, 0.2) is 10.2 Å². The summed E-state index contributed by atoms with van der Waals surface area (Å²) in [6, 6.07) is 0. The van der Waals surface area contributed by atoms with Gasteiger partial charge in [0.15, 0.2) is 0 Å². The van der Waals surface area contributed by atoms with Crippen LogP contribution in [0.4, 0.5) is 0 Å². The zero-order valence-electron chi connectivity index (χ0n) is 11.5. The van der Waals surface area contributed by atoms with Crippen LogP contribution in [0.3, 0.4) is 0 Å². The topological polar surface area (TPSA) is 88.3 Å². The van der Waals surface area contributed by atoms with E-state index >= 15 is 0 Å². The molecule has 6 nitrogen and oxygen atoms in total. The highest BCUT2D eigenvalue weighted by molar-refractivity contribution is 5.66. The van der Waals surface area contributed by atoms with Gasteiger partial charge in [-0.05, 0) is 34.1 Å². The van der Waals surface area contributed by atoms with Gasteiger partial charge in [0.1, 0.15) is 0 Å². The van der Waals surface area contributed by atoms with Gasteiger partial charge in [0.05, 0.1) is 17.7 Å². The highest BCUT2D eigenvalue weighted by atomic mass is 16.5. The Labute approximate surface area is 107 Å². The van der Waals surface area contributed by atoms with Crippen molar-refractivity contribution in [2.45, 2.75) is 58.0 Å². The second kappa shape index (κ2) is 7.08. The number of hydrogen-bond donors (Lipinski definition) is 1. The Balaban J connectivity index is 4.31. The monoisotopic (exact) mass is 258 g/mol. The molecule has 0 atom stereocenters. The molecule has 0 fully saturated rings. The molecular weight excluding hydrogens is 236 g/mol. The van der Waals surface area contributed by atoms with Gasteiger partial charge >= 0.3 is 5.97 Å². The van der Waals surface area contributed by atoms with Crippen molar-refractivity contribution in [2.24, 2.45) is 10.2 Å². The number of hydrogen-bond acceptors (Lipinski definition) is 5. The summed E-state index contributed by atoms with van der Waals surface area (Å²) < 4.78 is 4.62. The van der Waals surface area contributed by atoms with Crippen molar-refractivity contribution in [3.05, 3.63) is 0 Å². The molecule has 6 heteroatoms. The van der Waals surface area contributed by atoms with Crippen molar-refractivity contribution in [1.82, 2.24) is 0 Å². The Kier molecular flexibility index (Phi) is 6.51. The van der Waals surface area contributed by atoms with E-state index in [-0.39, 0.29) is 6.42 Å². The van der Waals surface area contributed by atoms with Gasteiger partial charge < -0.3 is 9.84 Å². The van der Waals surface area contributed by atoms with Gasteiger partial charge in [-0.2, -0.15) is 10.2 Å². The van der Waals surface area contributed by atoms with Crippen LogP contribution in [0.25, 0.3) is 0 Å². The molecular formula is C12H22N2O4. The first-order valence-electron chi connectivity index (χ1n) is 5.90. The van der Waals surface area contributed by atoms with Gasteiger partial charge in [0.25, 0.3) is 6.47 Å². The van der Waals surface area contributed by atoms with Crippen LogP contribution in [0.2, 0.25) is 0 Å². The molecule has 0 aliphatic heterocycles. The van der Waals surface area contributed by atoms with Crippen molar-refractivity contribution >= 4 is 12.4 Å². The highest BCUT2D eigenvalue weighted by Crippen LogP contribution is 2.22. The summed E-state index contributed by atoms with van der Waals surface area (Å²) in [5.41, 5.74) is -0.926. The quantitative estimate of drug-likeness (QED) is 0.391. The number of rotatable bonds is 9. The maximum absolute atomic E-state index is 10.5. The number of aliphatic carboxylic acids is 1. The molecule has 0 aliphatic carbocycles. The minimum atomic E-state index is -0.836. The summed E-state index contributed by atoms with van der Waals surface area (Å²) >= 11 is 0. The van der Waals surface area contributed by atoms with Crippen molar-refractivity contribution in [3.8, 4) is 0 Å². The first kappa shape index (κ1) is 16.5. The molecule has 1 N–H and O–H groups in total. The van der Waals surface area contributed by atoms with Crippen LogP contribution in [-0.2, 0) is 14.3 Å². The first-order valence-corrected chi connectivity index (χ1v) is 5.90. The molecule has 0 spiro atoms. The minimum absolute atomic E-state index is 0.0701. The highest BCUT2D eigenvalue weighted by Gasteiger charge is 2.22. The molecule has 0 aromatic rings. The van der Waals surface area contributed by atoms with Crippen molar-refractivity contribution in [3.63, 3.8) is 0 Å². The Morgan fingerprint density at radius 2 is 1.67 bits per heavy atom. The fourth-order valence-electron chi connectivity index (χ4n) is 1.14. The minimum Gasteiger partial charge on any atom is -0.481 e. The fraction of sp³-hybridized carbons (Fsp3) is 0.833. The number of azo groups is 1. The summed E-state index contributed by atoms with van der Waals surface area (Å²) in [6.45, 7) is 8.17. The fourth-order valence-corrected chi connectivity index (χ4v) is 1.14. The molecule has 0 bridgehead atoms. The SMILES string of the molecule is CC(C)(CCOC=O)N=NC(C)(C)CCC(=O)O. The summed E-state index contributed by atoms with van der Waals surface area (Å²) in [5, 5.41) is 17.0. The average Bonchev–Trinajstić information content (AvgIpc) is 2.25. The second-order valence-corrected chi connectivity index (χ2v) is 5.44. The van der Waals surface area contributed by atoms with E-state index in [1.54, 1.807) is 0 Å². The van der Waals surface area contributed by atoms with E-state index in [0.29, 0.717) is 25.9 Å². The molecule has 0 aromatic carbocycles. The Hall–Kier alpha value is -1.46. The number of carboxylic acids is 1. The zero-order valence-corrected chi connectivity index (χ0v) is 11.5. The third kappa shape index (κ3) is 8.66. The average molecular weight is 258 g/mol. The Bertz CT molecular complexity index is 311. The number of nitrogens with zero attached hydrogens (tertiary/aromatic N) is 2. The zero-order chi connectivity index (χ0) is 14.2. The maximum atomic E-state index is 10.5. The van der Waals surface area contributed by atoms with E-state index < -0.39 is 17.0 Å². The predicted molar refractivity (Wildman–Crippen MR) is 66.5 cm³/mol. The molecule has 0 saturated heterocycles. The van der Waals surface area contributed by atoms with Crippen LogP contribution in [0.5, 0.6) is 0 Å². The lowest BCUT2D eigenvalue weighted by atomic mass is 9.99. The molecule has 0 saturated carbocycles. The molecule has 0 rings (SSSR count). The van der Waals surface area contributed by atoms with Crippen molar-refractivity contribution in [1.29, 1.82) is 0 Å². The Morgan fingerprint density at radius 3 is 2.11 bits per heavy atom. The molecule has 0 heterocycles. The molecule has 0 aromatic heterocycles. The van der Waals surface area contributed by atoms with Gasteiger partial charge in [0.2, 0.25) is 0 Å². The van der Waals surface area contributed by atoms with Gasteiger partial charge in [0, 0.05) is 12.8 Å². The number of carbonyl (C=O) groups excluding carboxylic acids is 1. The standard InChI is InChI=1S/C12H22N2O4/c1-11(2,6-5-10(16)17)13-14-12(3,4)7-8-18-9-15/h9H,5-8H2,1-4H3,(H,16,17). The lowest BCUT2D eigenvalue weighted by molar-refractivity contribution is -0.137. The molecule has 104 valence electrons. The van der Waals surface area contributed by atoms with Crippen LogP contribution >= 0.6 is 0 Å². The molecule has 18 heavy (non-hydrogen) atoms. The molecule has 0 unspecified atom stereocenters. The summed E-state index contributed by atoms with van der Waals surface area (Å²) in [6.07, 6.45) is 1.08. The lowest BCUT2D eigenvalue weighted by Gasteiger charge is -2.22. The van der Waals surface area contributed by atoms with Gasteiger partial charge in [-0.3, -0.25) is 9.59 Å². The number of ether oxygens (including phenoxy) is 1. The van der Waals surface area contributed by atoms with E-state index in [4.69, 9.17) is 5.11 Å². The van der Waals surface area contributed by atoms with Gasteiger partial charge in [-0.15, -0.1) is 0 Å². The van der Waals surface area contributed by atoms with Crippen LogP contribution in [0.1, 0.15) is 47.0 Å². The number of carboxylic acid groups (broad SMARTS) is 1. The third-order valence-electron chi connectivity index (χ3n) is 2.44. The van der Waals surface area contributed by atoms with E-state index in [0.717, 1.165) is 0 Å². The van der Waals surface area contributed by atoms with E-state index in [2.05, 4.69) is 15.0 Å². The molecule has 0 amide bonds. The van der Waals surface area contributed by atoms with Crippen molar-refractivity contribution < 1.29 is 19.4 Å². The third-order valence-corrected chi connectivity index (χ3v) is 2.44. The smallest absolute Gasteiger partial charge is 0.303 e. The van der Waals surface area contributed by atoms with E-state index in [1.807, 2.05) is 27.7 Å². The van der Waals surface area contributed by atoms with E-state index in [1.165, 1.54) is 0 Å². The van der Waals surface area contributed by atoms with Crippen LogP contribution in [0, 0.1) is 0 Å². The molecule has 0 aliphatic rings. The predicted octanol–water partition coefficient (Wildman–Crippen LogP) is 2.42. The number of carbonyl (C=O) groups is 2. The largest absolute Gasteiger partial charge is 0.481 e.